The highest BCUT2D eigenvalue weighted by Gasteiger charge is 2.58. The van der Waals surface area contributed by atoms with Crippen LogP contribution in [0.5, 0.6) is 0 Å². The SMILES string of the molecule is C=CCO[C@H]1CN[C@](C(c2ccccc2)c2ccccc2)([C@H]2OC(=O)N[C@H]2Cc2cc(F)cc(F)c2)C1. The Morgan fingerprint density at radius 1 is 1.03 bits per heavy atom. The van der Waals surface area contributed by atoms with Gasteiger partial charge in [0.1, 0.15) is 17.7 Å². The highest BCUT2D eigenvalue weighted by atomic mass is 19.1. The molecule has 5 rings (SSSR count). The maximum absolute atomic E-state index is 14.0. The number of alkyl carbamates (subject to hydrolysis) is 1. The third-order valence-corrected chi connectivity index (χ3v) is 7.24. The second-order valence-electron chi connectivity index (χ2n) is 9.68. The Labute approximate surface area is 215 Å². The molecule has 3 aromatic carbocycles. The number of halogens is 2. The van der Waals surface area contributed by atoms with Gasteiger partial charge in [0, 0.05) is 18.5 Å². The number of rotatable bonds is 9. The summed E-state index contributed by atoms with van der Waals surface area (Å²) in [4.78, 5) is 12.7. The van der Waals surface area contributed by atoms with E-state index in [-0.39, 0.29) is 18.4 Å². The standard InChI is InChI=1S/C30H30F2N2O3/c1-2-13-36-25-18-30(33-19-25,27(21-9-5-3-6-10-21)22-11-7-4-8-12-22)28-26(34-29(35)37-28)16-20-14-23(31)17-24(32)15-20/h2-12,14-15,17,25-28,33H,1,13,16,18-19H2,(H,34,35)/t25-,26+,28+,30-/m1/s1. The third-order valence-electron chi connectivity index (χ3n) is 7.24. The number of hydrogen-bond donors (Lipinski definition) is 2. The summed E-state index contributed by atoms with van der Waals surface area (Å²) in [6.07, 6.45) is 1.15. The summed E-state index contributed by atoms with van der Waals surface area (Å²) in [5.41, 5.74) is 1.81. The minimum atomic E-state index is -0.760. The molecular weight excluding hydrogens is 474 g/mol. The van der Waals surface area contributed by atoms with Crippen molar-refractivity contribution in [2.75, 3.05) is 13.2 Å². The molecule has 192 valence electrons. The Bertz CT molecular complexity index is 1180. The normalized spacial score (nSPS) is 25.2. The van der Waals surface area contributed by atoms with Crippen molar-refractivity contribution in [3.05, 3.63) is 120 Å². The lowest BCUT2D eigenvalue weighted by Gasteiger charge is -2.43. The van der Waals surface area contributed by atoms with Gasteiger partial charge in [0.05, 0.1) is 24.3 Å². The van der Waals surface area contributed by atoms with Crippen molar-refractivity contribution in [2.45, 2.75) is 42.5 Å². The average molecular weight is 505 g/mol. The van der Waals surface area contributed by atoms with Crippen LogP contribution in [0.4, 0.5) is 13.6 Å². The van der Waals surface area contributed by atoms with Crippen molar-refractivity contribution in [1.29, 1.82) is 0 Å². The zero-order chi connectivity index (χ0) is 25.8. The molecule has 0 radical (unpaired) electrons. The topological polar surface area (TPSA) is 59.6 Å². The molecule has 0 bridgehead atoms. The van der Waals surface area contributed by atoms with Gasteiger partial charge in [0.2, 0.25) is 0 Å². The number of carbonyl (C=O) groups excluding carboxylic acids is 1. The fourth-order valence-electron chi connectivity index (χ4n) is 5.89. The van der Waals surface area contributed by atoms with Crippen LogP contribution in [-0.2, 0) is 15.9 Å². The average Bonchev–Trinajstić information content (AvgIpc) is 3.47. The number of carbonyl (C=O) groups is 1. The molecule has 5 nitrogen and oxygen atoms in total. The number of nitrogens with one attached hydrogen (secondary N) is 2. The van der Waals surface area contributed by atoms with Gasteiger partial charge in [0.15, 0.2) is 0 Å². The Morgan fingerprint density at radius 3 is 2.24 bits per heavy atom. The Kier molecular flexibility index (Phi) is 7.35. The van der Waals surface area contributed by atoms with E-state index in [1.54, 1.807) is 6.08 Å². The molecule has 0 saturated carbocycles. The summed E-state index contributed by atoms with van der Waals surface area (Å²) in [7, 11) is 0. The number of cyclic esters (lactones) is 1. The highest BCUT2D eigenvalue weighted by Crippen LogP contribution is 2.46. The summed E-state index contributed by atoms with van der Waals surface area (Å²) >= 11 is 0. The van der Waals surface area contributed by atoms with Crippen LogP contribution >= 0.6 is 0 Å². The van der Waals surface area contributed by atoms with Crippen LogP contribution in [-0.4, -0.2) is 43.0 Å². The van der Waals surface area contributed by atoms with Crippen molar-refractivity contribution in [2.24, 2.45) is 0 Å². The molecule has 0 spiro atoms. The van der Waals surface area contributed by atoms with Crippen LogP contribution in [0.1, 0.15) is 29.0 Å². The monoisotopic (exact) mass is 504 g/mol. The molecule has 37 heavy (non-hydrogen) atoms. The number of hydrogen-bond acceptors (Lipinski definition) is 4. The lowest BCUT2D eigenvalue weighted by molar-refractivity contribution is 0.0350. The lowest BCUT2D eigenvalue weighted by Crippen LogP contribution is -2.60. The lowest BCUT2D eigenvalue weighted by atomic mass is 9.68. The zero-order valence-electron chi connectivity index (χ0n) is 20.4. The molecule has 2 N–H and O–H groups in total. The molecule has 0 aliphatic carbocycles. The first-order valence-corrected chi connectivity index (χ1v) is 12.5. The predicted octanol–water partition coefficient (Wildman–Crippen LogP) is 5.12. The molecule has 1 amide bonds. The van der Waals surface area contributed by atoms with E-state index >= 15 is 0 Å². The van der Waals surface area contributed by atoms with Crippen molar-refractivity contribution < 1.29 is 23.0 Å². The van der Waals surface area contributed by atoms with Gasteiger partial charge in [-0.3, -0.25) is 0 Å². The molecule has 7 heteroatoms. The predicted molar refractivity (Wildman–Crippen MR) is 137 cm³/mol. The van der Waals surface area contributed by atoms with Gasteiger partial charge in [-0.25, -0.2) is 13.6 Å². The van der Waals surface area contributed by atoms with Gasteiger partial charge in [-0.05, 0) is 41.7 Å². The summed E-state index contributed by atoms with van der Waals surface area (Å²) in [6, 6.07) is 23.1. The number of benzene rings is 3. The molecule has 4 atom stereocenters. The maximum Gasteiger partial charge on any atom is 0.407 e. The van der Waals surface area contributed by atoms with Gasteiger partial charge in [0.25, 0.3) is 0 Å². The van der Waals surface area contributed by atoms with E-state index in [1.165, 1.54) is 12.1 Å². The third kappa shape index (κ3) is 5.29. The molecule has 0 aromatic heterocycles. The zero-order valence-corrected chi connectivity index (χ0v) is 20.4. The quantitative estimate of drug-likeness (QED) is 0.397. The molecule has 0 unspecified atom stereocenters. The second-order valence-corrected chi connectivity index (χ2v) is 9.68. The Hall–Kier alpha value is -3.55. The fourth-order valence-corrected chi connectivity index (χ4v) is 5.89. The van der Waals surface area contributed by atoms with E-state index in [9.17, 15) is 13.6 Å². The molecule has 2 aliphatic rings. The van der Waals surface area contributed by atoms with Gasteiger partial charge in [-0.2, -0.15) is 0 Å². The van der Waals surface area contributed by atoms with Gasteiger partial charge < -0.3 is 20.1 Å². The first-order valence-electron chi connectivity index (χ1n) is 12.5. The van der Waals surface area contributed by atoms with Crippen molar-refractivity contribution in [3.8, 4) is 0 Å². The number of amides is 1. The minimum absolute atomic E-state index is 0.139. The van der Waals surface area contributed by atoms with Crippen LogP contribution in [0.3, 0.4) is 0 Å². The molecule has 2 heterocycles. The summed E-state index contributed by atoms with van der Waals surface area (Å²) in [5.74, 6) is -1.51. The Balaban J connectivity index is 1.60. The molecular formula is C30H30F2N2O3. The van der Waals surface area contributed by atoms with E-state index in [1.807, 2.05) is 36.4 Å². The van der Waals surface area contributed by atoms with Crippen LogP contribution < -0.4 is 10.6 Å². The van der Waals surface area contributed by atoms with E-state index in [2.05, 4.69) is 41.5 Å². The smallest absolute Gasteiger partial charge is 0.407 e. The molecule has 2 fully saturated rings. The van der Waals surface area contributed by atoms with E-state index in [4.69, 9.17) is 9.47 Å². The van der Waals surface area contributed by atoms with E-state index < -0.39 is 35.4 Å². The van der Waals surface area contributed by atoms with Crippen molar-refractivity contribution in [1.82, 2.24) is 10.6 Å². The molecule has 3 aromatic rings. The van der Waals surface area contributed by atoms with Crippen LogP contribution in [0, 0.1) is 11.6 Å². The van der Waals surface area contributed by atoms with Gasteiger partial charge in [-0.15, -0.1) is 6.58 Å². The van der Waals surface area contributed by atoms with Crippen molar-refractivity contribution in [3.63, 3.8) is 0 Å². The summed E-state index contributed by atoms with van der Waals surface area (Å²) in [5, 5.41) is 6.61. The van der Waals surface area contributed by atoms with E-state index in [0.29, 0.717) is 25.1 Å². The van der Waals surface area contributed by atoms with Gasteiger partial charge >= 0.3 is 6.09 Å². The first-order chi connectivity index (χ1) is 18.0. The van der Waals surface area contributed by atoms with E-state index in [0.717, 1.165) is 17.2 Å². The van der Waals surface area contributed by atoms with Crippen LogP contribution in [0.15, 0.2) is 91.5 Å². The largest absolute Gasteiger partial charge is 0.442 e. The highest BCUT2D eigenvalue weighted by molar-refractivity contribution is 5.71. The molecule has 2 saturated heterocycles. The number of ether oxygens (including phenoxy) is 2. The van der Waals surface area contributed by atoms with Crippen molar-refractivity contribution >= 4 is 6.09 Å². The second kappa shape index (κ2) is 10.8. The minimum Gasteiger partial charge on any atom is -0.442 e. The molecule has 2 aliphatic heterocycles. The van der Waals surface area contributed by atoms with Gasteiger partial charge in [-0.1, -0.05) is 66.7 Å². The summed E-state index contributed by atoms with van der Waals surface area (Å²) < 4.78 is 40.0. The van der Waals surface area contributed by atoms with Crippen LogP contribution in [0.2, 0.25) is 0 Å². The summed E-state index contributed by atoms with van der Waals surface area (Å²) in [6.45, 7) is 4.72. The fraction of sp³-hybridized carbons (Fsp3) is 0.300. The van der Waals surface area contributed by atoms with Crippen LogP contribution in [0.25, 0.3) is 0 Å². The Morgan fingerprint density at radius 2 is 1.65 bits per heavy atom. The first kappa shape index (κ1) is 25.1. The maximum atomic E-state index is 14.0.